The summed E-state index contributed by atoms with van der Waals surface area (Å²) in [6.07, 6.45) is 3.05. The second kappa shape index (κ2) is 10.2. The van der Waals surface area contributed by atoms with E-state index in [9.17, 15) is 23.1 Å². The normalized spacial score (nSPS) is 14.3. The number of hydrogen-bond donors (Lipinski definition) is 2. The maximum atomic E-state index is 14.6. The molecule has 1 amide bonds. The second-order valence-electron chi connectivity index (χ2n) is 8.35. The van der Waals surface area contributed by atoms with Crippen LogP contribution in [0.2, 0.25) is 0 Å². The summed E-state index contributed by atoms with van der Waals surface area (Å²) < 4.78 is 42.4. The van der Waals surface area contributed by atoms with Gasteiger partial charge in [-0.1, -0.05) is 30.3 Å². The van der Waals surface area contributed by atoms with E-state index < -0.39 is 24.5 Å². The molecule has 0 spiro atoms. The summed E-state index contributed by atoms with van der Waals surface area (Å²) in [5, 5.41) is 11.7. The van der Waals surface area contributed by atoms with E-state index in [0.717, 1.165) is 16.7 Å². The Hall–Kier alpha value is -3.78. The van der Waals surface area contributed by atoms with Gasteiger partial charge >= 0.3 is 0 Å². The van der Waals surface area contributed by atoms with Crippen molar-refractivity contribution in [1.82, 2.24) is 10.3 Å². The Balaban J connectivity index is 1.63. The van der Waals surface area contributed by atoms with Crippen LogP contribution >= 0.6 is 0 Å². The number of nitrogens with zero attached hydrogens (tertiary/aromatic N) is 2. The number of hydrogen-bond acceptors (Lipinski definition) is 4. The summed E-state index contributed by atoms with van der Waals surface area (Å²) in [6.45, 7) is 0.745. The average Bonchev–Trinajstić information content (AvgIpc) is 3.34. The van der Waals surface area contributed by atoms with Crippen molar-refractivity contribution in [3.05, 3.63) is 107 Å². The molecule has 0 unspecified atom stereocenters. The first-order valence-electron chi connectivity index (χ1n) is 11.1. The van der Waals surface area contributed by atoms with Crippen molar-refractivity contribution in [3.63, 3.8) is 0 Å². The summed E-state index contributed by atoms with van der Waals surface area (Å²) in [7, 11) is 0. The number of halogens is 3. The first-order valence-corrected chi connectivity index (χ1v) is 11.1. The lowest BCUT2D eigenvalue weighted by atomic mass is 9.95. The number of aliphatic hydroxyl groups excluding tert-OH is 1. The zero-order chi connectivity index (χ0) is 25.0. The van der Waals surface area contributed by atoms with E-state index in [1.807, 2.05) is 19.1 Å². The highest BCUT2D eigenvalue weighted by atomic mass is 19.3. The van der Waals surface area contributed by atoms with Crippen LogP contribution in [0.5, 0.6) is 0 Å². The quantitative estimate of drug-likeness (QED) is 0.504. The van der Waals surface area contributed by atoms with E-state index in [1.165, 1.54) is 18.3 Å². The molecular formula is C27H24F3N3O2. The maximum Gasteiger partial charge on any atom is 0.290 e. The lowest BCUT2D eigenvalue weighted by Crippen LogP contribution is -2.51. The van der Waals surface area contributed by atoms with Gasteiger partial charge in [0.2, 0.25) is 0 Å². The van der Waals surface area contributed by atoms with E-state index in [2.05, 4.69) is 15.3 Å². The minimum Gasteiger partial charge on any atom is -0.390 e. The van der Waals surface area contributed by atoms with Gasteiger partial charge in [-0.05, 0) is 60.0 Å². The average molecular weight is 480 g/mol. The van der Waals surface area contributed by atoms with Crippen LogP contribution in [0.25, 0.3) is 5.57 Å². The van der Waals surface area contributed by atoms with E-state index in [-0.39, 0.29) is 17.8 Å². The molecule has 2 aromatic carbocycles. The minimum atomic E-state index is -3.56. The molecule has 1 atom stereocenters. The van der Waals surface area contributed by atoms with Crippen LogP contribution in [-0.2, 0) is 6.42 Å². The van der Waals surface area contributed by atoms with Gasteiger partial charge in [0.1, 0.15) is 18.5 Å². The largest absolute Gasteiger partial charge is 0.390 e. The smallest absolute Gasteiger partial charge is 0.290 e. The molecule has 4 rings (SSSR count). The molecule has 0 aliphatic carbocycles. The van der Waals surface area contributed by atoms with Crippen LogP contribution in [0.15, 0.2) is 77.9 Å². The first kappa shape index (κ1) is 24.3. The molecular weight excluding hydrogens is 455 g/mol. The molecule has 1 aromatic heterocycles. The number of carbonyl (C=O) groups is 1. The fraction of sp³-hybridized carbons (Fsp3) is 0.222. The van der Waals surface area contributed by atoms with Crippen molar-refractivity contribution in [2.75, 3.05) is 13.2 Å². The number of allylic oxidation sites excluding steroid dienone is 1. The van der Waals surface area contributed by atoms with Gasteiger partial charge in [0.25, 0.3) is 11.8 Å². The van der Waals surface area contributed by atoms with Gasteiger partial charge in [0, 0.05) is 29.4 Å². The van der Waals surface area contributed by atoms with Crippen LogP contribution in [-0.4, -0.2) is 46.8 Å². The molecule has 2 N–H and O–H groups in total. The summed E-state index contributed by atoms with van der Waals surface area (Å²) in [6, 6.07) is 14.3. The summed E-state index contributed by atoms with van der Waals surface area (Å²) in [5.74, 6) is -4.60. The van der Waals surface area contributed by atoms with Crippen LogP contribution in [0, 0.1) is 12.7 Å². The zero-order valence-electron chi connectivity index (χ0n) is 19.0. The number of amides is 1. The van der Waals surface area contributed by atoms with Gasteiger partial charge in [-0.25, -0.2) is 13.2 Å². The van der Waals surface area contributed by atoms with Crippen LogP contribution in [0.3, 0.4) is 0 Å². The minimum absolute atomic E-state index is 0.195. The number of nitrogens with one attached hydrogen (secondary N) is 1. The van der Waals surface area contributed by atoms with Gasteiger partial charge in [-0.3, -0.25) is 14.8 Å². The van der Waals surface area contributed by atoms with Gasteiger partial charge < -0.3 is 10.4 Å². The van der Waals surface area contributed by atoms with Crippen molar-refractivity contribution in [3.8, 4) is 0 Å². The standard InChI is InChI=1S/C27H24F3N3O2/c1-17-5-4-7-22(25(17)23-13-19(15-32-23)18-8-10-20(28)11-9-18)26(35)33-24(27(29,30)16-34)14-21-6-2-3-12-31-21/h2-13,24,34H,14-16H2,1H3,(H,33,35)/t24-/m1/s1. The Morgan fingerprint density at radius 2 is 1.89 bits per heavy atom. The summed E-state index contributed by atoms with van der Waals surface area (Å²) in [4.78, 5) is 21.9. The zero-order valence-corrected chi connectivity index (χ0v) is 19.0. The van der Waals surface area contributed by atoms with Gasteiger partial charge in [-0.15, -0.1) is 0 Å². The van der Waals surface area contributed by atoms with E-state index >= 15 is 0 Å². The Kier molecular flexibility index (Phi) is 7.12. The van der Waals surface area contributed by atoms with Crippen molar-refractivity contribution in [2.45, 2.75) is 25.3 Å². The number of aryl methyl sites for hydroxylation is 1. The number of aromatic nitrogens is 1. The molecule has 1 aliphatic rings. The Morgan fingerprint density at radius 1 is 1.11 bits per heavy atom. The number of alkyl halides is 2. The Bertz CT molecular complexity index is 1270. The highest BCUT2D eigenvalue weighted by molar-refractivity contribution is 6.20. The van der Waals surface area contributed by atoms with Crippen molar-refractivity contribution in [2.24, 2.45) is 4.99 Å². The molecule has 0 saturated carbocycles. The fourth-order valence-electron chi connectivity index (χ4n) is 3.99. The highest BCUT2D eigenvalue weighted by Crippen LogP contribution is 2.26. The van der Waals surface area contributed by atoms with E-state index in [4.69, 9.17) is 0 Å². The van der Waals surface area contributed by atoms with Crippen LogP contribution in [0.1, 0.15) is 32.7 Å². The number of pyridine rings is 1. The van der Waals surface area contributed by atoms with Crippen LogP contribution < -0.4 is 5.32 Å². The molecule has 180 valence electrons. The first-order chi connectivity index (χ1) is 16.8. The number of benzene rings is 2. The monoisotopic (exact) mass is 479 g/mol. The summed E-state index contributed by atoms with van der Waals surface area (Å²) >= 11 is 0. The molecule has 0 saturated heterocycles. The molecule has 0 radical (unpaired) electrons. The molecule has 35 heavy (non-hydrogen) atoms. The van der Waals surface area contributed by atoms with Crippen molar-refractivity contribution in [1.29, 1.82) is 0 Å². The highest BCUT2D eigenvalue weighted by Gasteiger charge is 2.40. The van der Waals surface area contributed by atoms with E-state index in [1.54, 1.807) is 42.5 Å². The number of aliphatic imine (C=N–C) groups is 1. The predicted molar refractivity (Wildman–Crippen MR) is 128 cm³/mol. The molecule has 8 heteroatoms. The number of rotatable bonds is 8. The maximum absolute atomic E-state index is 14.6. The molecule has 0 bridgehead atoms. The third-order valence-corrected chi connectivity index (χ3v) is 5.88. The number of aliphatic hydroxyl groups is 1. The SMILES string of the molecule is Cc1cccc(C(=O)N[C@H](Cc2ccccn2)C(F)(F)CO)c1C1=NCC(c2ccc(F)cc2)=C1. The predicted octanol–water partition coefficient (Wildman–Crippen LogP) is 4.38. The molecule has 1 aliphatic heterocycles. The van der Waals surface area contributed by atoms with Gasteiger partial charge in [0.05, 0.1) is 12.3 Å². The lowest BCUT2D eigenvalue weighted by Gasteiger charge is -2.26. The van der Waals surface area contributed by atoms with Crippen molar-refractivity contribution >= 4 is 17.2 Å². The molecule has 0 fully saturated rings. The Labute approximate surface area is 201 Å². The summed E-state index contributed by atoms with van der Waals surface area (Å²) in [5.41, 5.74) is 4.05. The molecule has 3 aromatic rings. The molecule has 2 heterocycles. The third-order valence-electron chi connectivity index (χ3n) is 5.88. The topological polar surface area (TPSA) is 74.6 Å². The molecule has 5 nitrogen and oxygen atoms in total. The Morgan fingerprint density at radius 3 is 2.57 bits per heavy atom. The van der Waals surface area contributed by atoms with E-state index in [0.29, 0.717) is 23.5 Å². The van der Waals surface area contributed by atoms with Crippen molar-refractivity contribution < 1.29 is 23.1 Å². The van der Waals surface area contributed by atoms with Gasteiger partial charge in [-0.2, -0.15) is 0 Å². The van der Waals surface area contributed by atoms with Gasteiger partial charge in [0.15, 0.2) is 0 Å². The third kappa shape index (κ3) is 5.49. The fourth-order valence-corrected chi connectivity index (χ4v) is 3.99. The van der Waals surface area contributed by atoms with Crippen LogP contribution in [0.4, 0.5) is 13.2 Å². The lowest BCUT2D eigenvalue weighted by molar-refractivity contribution is -0.0771. The second-order valence-corrected chi connectivity index (χ2v) is 8.35. The number of carbonyl (C=O) groups excluding carboxylic acids is 1.